The Kier molecular flexibility index (Phi) is 5.32. The summed E-state index contributed by atoms with van der Waals surface area (Å²) in [5.41, 5.74) is 3.30. The van der Waals surface area contributed by atoms with Crippen LogP contribution < -0.4 is 4.90 Å². The molecule has 0 aromatic carbocycles. The quantitative estimate of drug-likeness (QED) is 0.739. The van der Waals surface area contributed by atoms with E-state index in [1.165, 1.54) is 0 Å². The van der Waals surface area contributed by atoms with Gasteiger partial charge in [-0.3, -0.25) is 0 Å². The summed E-state index contributed by atoms with van der Waals surface area (Å²) in [5, 5.41) is 10.2. The molecule has 5 nitrogen and oxygen atoms in total. The van der Waals surface area contributed by atoms with Crippen molar-refractivity contribution in [2.75, 3.05) is 18.0 Å². The number of aromatic nitrogens is 3. The van der Waals surface area contributed by atoms with Crippen molar-refractivity contribution >= 4 is 33.3 Å². The molecule has 0 saturated carbocycles. The fourth-order valence-corrected chi connectivity index (χ4v) is 3.66. The zero-order valence-electron chi connectivity index (χ0n) is 14.7. The Labute approximate surface area is 161 Å². The average molecular weight is 426 g/mol. The van der Waals surface area contributed by atoms with Crippen LogP contribution in [0, 0.1) is 12.3 Å². The smallest absolute Gasteiger partial charge is 0.153 e. The monoisotopic (exact) mass is 424 g/mol. The van der Waals surface area contributed by atoms with Gasteiger partial charge in [0.1, 0.15) is 10.8 Å². The second kappa shape index (κ2) is 7.17. The van der Waals surface area contributed by atoms with Crippen molar-refractivity contribution in [1.29, 1.82) is 0 Å². The average Bonchev–Trinajstić information content (AvgIpc) is 2.57. The molecule has 3 heterocycles. The van der Waals surface area contributed by atoms with Crippen LogP contribution in [0.2, 0.25) is 5.15 Å². The molecule has 1 fully saturated rings. The number of rotatable bonds is 3. The minimum atomic E-state index is -0.147. The van der Waals surface area contributed by atoms with Crippen molar-refractivity contribution in [3.05, 3.63) is 33.3 Å². The summed E-state index contributed by atoms with van der Waals surface area (Å²) >= 11 is 9.58. The van der Waals surface area contributed by atoms with E-state index in [1.807, 2.05) is 13.0 Å². The van der Waals surface area contributed by atoms with Gasteiger partial charge in [-0.1, -0.05) is 25.4 Å². The largest absolute Gasteiger partial charge is 0.390 e. The molecular formula is C18H22BrClN4O. The highest BCUT2D eigenvalue weighted by molar-refractivity contribution is 9.10. The third kappa shape index (κ3) is 3.81. The van der Waals surface area contributed by atoms with Gasteiger partial charge < -0.3 is 10.0 Å². The van der Waals surface area contributed by atoms with Crippen molar-refractivity contribution in [1.82, 2.24) is 15.0 Å². The van der Waals surface area contributed by atoms with Crippen LogP contribution in [0.25, 0.3) is 11.3 Å². The fraction of sp³-hybridized carbons (Fsp3) is 0.500. The first-order valence-electron chi connectivity index (χ1n) is 8.36. The molecule has 1 aliphatic rings. The summed E-state index contributed by atoms with van der Waals surface area (Å²) in [7, 11) is 0. The maximum Gasteiger partial charge on any atom is 0.153 e. The van der Waals surface area contributed by atoms with E-state index in [9.17, 15) is 5.11 Å². The third-order valence-electron chi connectivity index (χ3n) is 4.79. The lowest BCUT2D eigenvalue weighted by Crippen LogP contribution is -2.38. The molecule has 0 aliphatic carbocycles. The summed E-state index contributed by atoms with van der Waals surface area (Å²) in [6.07, 6.45) is 3.85. The molecule has 2 aromatic rings. The van der Waals surface area contributed by atoms with Crippen LogP contribution in [-0.4, -0.2) is 33.1 Å². The van der Waals surface area contributed by atoms with Crippen LogP contribution in [-0.2, 0) is 6.61 Å². The van der Waals surface area contributed by atoms with Gasteiger partial charge in [-0.15, -0.1) is 0 Å². The number of aryl methyl sites for hydroxylation is 1. The number of nitrogens with zero attached hydrogens (tertiary/aromatic N) is 4. The van der Waals surface area contributed by atoms with Crippen LogP contribution in [0.3, 0.4) is 0 Å². The van der Waals surface area contributed by atoms with Gasteiger partial charge in [-0.25, -0.2) is 15.0 Å². The minimum absolute atomic E-state index is 0.147. The maximum absolute atomic E-state index is 9.86. The zero-order chi connectivity index (χ0) is 18.2. The Hall–Kier alpha value is -1.24. The number of aliphatic hydroxyl groups excluding tert-OH is 1. The summed E-state index contributed by atoms with van der Waals surface area (Å²) in [5.74, 6) is 0.788. The Morgan fingerprint density at radius 3 is 2.60 bits per heavy atom. The van der Waals surface area contributed by atoms with Crippen molar-refractivity contribution in [2.24, 2.45) is 5.41 Å². The molecule has 0 amide bonds. The van der Waals surface area contributed by atoms with Crippen LogP contribution in [0.15, 0.2) is 16.7 Å². The Balaban J connectivity index is 2.01. The van der Waals surface area contributed by atoms with Gasteiger partial charge in [-0.05, 0) is 47.2 Å². The summed E-state index contributed by atoms with van der Waals surface area (Å²) < 4.78 is 0.686. The molecule has 0 atom stereocenters. The molecule has 1 N–H and O–H groups in total. The highest BCUT2D eigenvalue weighted by Crippen LogP contribution is 2.36. The van der Waals surface area contributed by atoms with Crippen LogP contribution in [0.5, 0.6) is 0 Å². The van der Waals surface area contributed by atoms with Gasteiger partial charge in [0.25, 0.3) is 0 Å². The topological polar surface area (TPSA) is 62.1 Å². The SMILES string of the molecule is Cc1nc(N2CCC(C)(C)CC2)c(CO)nc1-c1ccnc(Cl)c1Br. The highest BCUT2D eigenvalue weighted by atomic mass is 79.9. The number of aliphatic hydroxyl groups is 1. The molecule has 0 bridgehead atoms. The zero-order valence-corrected chi connectivity index (χ0v) is 17.0. The number of piperidine rings is 1. The Morgan fingerprint density at radius 2 is 1.96 bits per heavy atom. The van der Waals surface area contributed by atoms with E-state index in [4.69, 9.17) is 21.6 Å². The van der Waals surface area contributed by atoms with Gasteiger partial charge in [0.2, 0.25) is 0 Å². The number of halogens is 2. The molecule has 2 aromatic heterocycles. The molecule has 7 heteroatoms. The van der Waals surface area contributed by atoms with E-state index in [1.54, 1.807) is 6.20 Å². The second-order valence-electron chi connectivity index (χ2n) is 7.20. The molecule has 1 saturated heterocycles. The molecule has 0 spiro atoms. The minimum Gasteiger partial charge on any atom is -0.390 e. The molecule has 3 rings (SSSR count). The number of pyridine rings is 1. The summed E-state index contributed by atoms with van der Waals surface area (Å²) in [4.78, 5) is 15.8. The predicted molar refractivity (Wildman–Crippen MR) is 104 cm³/mol. The van der Waals surface area contributed by atoms with E-state index in [0.29, 0.717) is 26.4 Å². The van der Waals surface area contributed by atoms with E-state index >= 15 is 0 Å². The first-order valence-corrected chi connectivity index (χ1v) is 9.53. The molecule has 0 radical (unpaired) electrons. The van der Waals surface area contributed by atoms with E-state index in [2.05, 4.69) is 39.7 Å². The number of hydrogen-bond donors (Lipinski definition) is 1. The highest BCUT2D eigenvalue weighted by Gasteiger charge is 2.28. The molecule has 1 aliphatic heterocycles. The lowest BCUT2D eigenvalue weighted by Gasteiger charge is -2.38. The third-order valence-corrected chi connectivity index (χ3v) is 6.11. The maximum atomic E-state index is 9.86. The second-order valence-corrected chi connectivity index (χ2v) is 8.35. The van der Waals surface area contributed by atoms with Gasteiger partial charge in [0.15, 0.2) is 5.82 Å². The summed E-state index contributed by atoms with van der Waals surface area (Å²) in [6, 6.07) is 1.84. The molecule has 25 heavy (non-hydrogen) atoms. The predicted octanol–water partition coefficient (Wildman–Crippen LogP) is 4.38. The standard InChI is InChI=1S/C18H22BrClN4O/c1-11-15(12-4-7-21-16(20)14(12)19)23-13(10-25)17(22-11)24-8-5-18(2,3)6-9-24/h4,7,25H,5-6,8-10H2,1-3H3. The first kappa shape index (κ1) is 18.5. The van der Waals surface area contributed by atoms with Crippen LogP contribution in [0.4, 0.5) is 5.82 Å². The summed E-state index contributed by atoms with van der Waals surface area (Å²) in [6.45, 7) is 8.23. The normalized spacial score (nSPS) is 17.0. The van der Waals surface area contributed by atoms with E-state index < -0.39 is 0 Å². The van der Waals surface area contributed by atoms with Gasteiger partial charge in [-0.2, -0.15) is 0 Å². The molecular weight excluding hydrogens is 404 g/mol. The Morgan fingerprint density at radius 1 is 1.28 bits per heavy atom. The Bertz CT molecular complexity index is 787. The van der Waals surface area contributed by atoms with Gasteiger partial charge >= 0.3 is 0 Å². The first-order chi connectivity index (χ1) is 11.8. The van der Waals surface area contributed by atoms with Crippen LogP contribution in [0.1, 0.15) is 38.1 Å². The van der Waals surface area contributed by atoms with E-state index in [-0.39, 0.29) is 6.61 Å². The van der Waals surface area contributed by atoms with Crippen molar-refractivity contribution in [3.8, 4) is 11.3 Å². The fourth-order valence-electron chi connectivity index (χ4n) is 3.08. The van der Waals surface area contributed by atoms with Gasteiger partial charge in [0, 0.05) is 24.8 Å². The molecule has 134 valence electrons. The lowest BCUT2D eigenvalue weighted by molar-refractivity contribution is 0.268. The number of anilines is 1. The van der Waals surface area contributed by atoms with Crippen molar-refractivity contribution in [3.63, 3.8) is 0 Å². The van der Waals surface area contributed by atoms with Crippen molar-refractivity contribution < 1.29 is 5.11 Å². The molecule has 0 unspecified atom stereocenters. The van der Waals surface area contributed by atoms with Gasteiger partial charge in [0.05, 0.1) is 22.5 Å². The van der Waals surface area contributed by atoms with Crippen LogP contribution >= 0.6 is 27.5 Å². The van der Waals surface area contributed by atoms with E-state index in [0.717, 1.165) is 43.0 Å². The lowest BCUT2D eigenvalue weighted by atomic mass is 9.82. The number of hydrogen-bond acceptors (Lipinski definition) is 5. The van der Waals surface area contributed by atoms with Crippen molar-refractivity contribution in [2.45, 2.75) is 40.2 Å².